The van der Waals surface area contributed by atoms with Crippen molar-refractivity contribution in [1.82, 2.24) is 14.9 Å². The van der Waals surface area contributed by atoms with Crippen LogP contribution < -0.4 is 4.90 Å². The van der Waals surface area contributed by atoms with Crippen LogP contribution in [0.25, 0.3) is 0 Å². The fourth-order valence-corrected chi connectivity index (χ4v) is 4.53. The van der Waals surface area contributed by atoms with Crippen molar-refractivity contribution in [3.8, 4) is 0 Å². The average Bonchev–Trinajstić information content (AvgIpc) is 2.71. The molecule has 2 aromatic rings. The highest BCUT2D eigenvalue weighted by Crippen LogP contribution is 2.33. The standard InChI is InChI=1S/C24H32N4O/c1-17(2)15-28-22(29)10-9-21-18(3)25-23(26-24(21)28)20-11-13-27(14-12-20)16-19-7-5-4-6-8-19/h4-8,17,20H,9-16H2,1-3H3. The summed E-state index contributed by atoms with van der Waals surface area (Å²) in [7, 11) is 0. The Labute approximate surface area is 174 Å². The number of nitrogens with zero attached hydrogens (tertiary/aromatic N) is 4. The third kappa shape index (κ3) is 4.50. The third-order valence-corrected chi connectivity index (χ3v) is 6.10. The summed E-state index contributed by atoms with van der Waals surface area (Å²) in [6, 6.07) is 10.7. The van der Waals surface area contributed by atoms with Gasteiger partial charge in [-0.15, -0.1) is 0 Å². The summed E-state index contributed by atoms with van der Waals surface area (Å²) in [5.74, 6) is 2.81. The van der Waals surface area contributed by atoms with Crippen LogP contribution in [0.1, 0.15) is 61.7 Å². The zero-order chi connectivity index (χ0) is 20.4. The van der Waals surface area contributed by atoms with Gasteiger partial charge in [0.05, 0.1) is 0 Å². The predicted octanol–water partition coefficient (Wildman–Crippen LogP) is 4.10. The van der Waals surface area contributed by atoms with Crippen LogP contribution in [0.3, 0.4) is 0 Å². The van der Waals surface area contributed by atoms with E-state index in [9.17, 15) is 4.79 Å². The molecule has 2 aliphatic rings. The number of aryl methyl sites for hydroxylation is 1. The smallest absolute Gasteiger partial charge is 0.228 e. The van der Waals surface area contributed by atoms with Gasteiger partial charge in [-0.3, -0.25) is 14.6 Å². The van der Waals surface area contributed by atoms with Crippen molar-refractivity contribution in [1.29, 1.82) is 0 Å². The maximum absolute atomic E-state index is 12.6. The van der Waals surface area contributed by atoms with Crippen LogP contribution in [-0.4, -0.2) is 40.4 Å². The van der Waals surface area contributed by atoms with E-state index in [4.69, 9.17) is 9.97 Å². The molecule has 0 N–H and O–H groups in total. The Hall–Kier alpha value is -2.27. The van der Waals surface area contributed by atoms with Gasteiger partial charge >= 0.3 is 0 Å². The van der Waals surface area contributed by atoms with E-state index in [2.05, 4.69) is 56.0 Å². The van der Waals surface area contributed by atoms with Crippen LogP contribution >= 0.6 is 0 Å². The summed E-state index contributed by atoms with van der Waals surface area (Å²) in [4.78, 5) is 26.9. The molecule has 2 aliphatic heterocycles. The van der Waals surface area contributed by atoms with E-state index in [1.807, 2.05) is 4.90 Å². The summed E-state index contributed by atoms with van der Waals surface area (Å²) in [6.07, 6.45) is 3.48. The molecular weight excluding hydrogens is 360 g/mol. The molecule has 0 saturated carbocycles. The number of likely N-dealkylation sites (tertiary alicyclic amines) is 1. The molecule has 29 heavy (non-hydrogen) atoms. The molecule has 5 nitrogen and oxygen atoms in total. The molecule has 0 atom stereocenters. The number of hydrogen-bond donors (Lipinski definition) is 0. The first-order valence-electron chi connectivity index (χ1n) is 11.0. The summed E-state index contributed by atoms with van der Waals surface area (Å²) < 4.78 is 0. The predicted molar refractivity (Wildman–Crippen MR) is 116 cm³/mol. The molecule has 1 amide bonds. The fraction of sp³-hybridized carbons (Fsp3) is 0.542. The van der Waals surface area contributed by atoms with Gasteiger partial charge in [-0.2, -0.15) is 0 Å². The van der Waals surface area contributed by atoms with E-state index >= 15 is 0 Å². The molecule has 3 heterocycles. The van der Waals surface area contributed by atoms with Gasteiger partial charge in [0.2, 0.25) is 5.91 Å². The Morgan fingerprint density at radius 1 is 1.07 bits per heavy atom. The lowest BCUT2D eigenvalue weighted by Crippen LogP contribution is -2.39. The summed E-state index contributed by atoms with van der Waals surface area (Å²) in [5, 5.41) is 0. The van der Waals surface area contributed by atoms with Crippen molar-refractivity contribution >= 4 is 11.7 Å². The second kappa shape index (κ2) is 8.62. The van der Waals surface area contributed by atoms with Gasteiger partial charge < -0.3 is 0 Å². The minimum Gasteiger partial charge on any atom is -0.299 e. The van der Waals surface area contributed by atoms with Crippen molar-refractivity contribution in [2.75, 3.05) is 24.5 Å². The van der Waals surface area contributed by atoms with E-state index in [0.29, 0.717) is 18.3 Å². The van der Waals surface area contributed by atoms with Crippen molar-refractivity contribution in [2.24, 2.45) is 5.92 Å². The lowest BCUT2D eigenvalue weighted by atomic mass is 9.94. The number of anilines is 1. The Bertz CT molecular complexity index is 857. The first kappa shape index (κ1) is 20.0. The van der Waals surface area contributed by atoms with Crippen molar-refractivity contribution in [3.63, 3.8) is 0 Å². The molecular formula is C24H32N4O. The highest BCUT2D eigenvalue weighted by atomic mass is 16.2. The first-order chi connectivity index (χ1) is 14.0. The van der Waals surface area contributed by atoms with Crippen molar-refractivity contribution < 1.29 is 4.79 Å². The molecule has 154 valence electrons. The van der Waals surface area contributed by atoms with E-state index in [1.54, 1.807) is 0 Å². The number of carbonyl (C=O) groups excluding carboxylic acids is 1. The van der Waals surface area contributed by atoms with Gasteiger partial charge in [-0.05, 0) is 50.8 Å². The molecule has 5 heteroatoms. The molecule has 1 saturated heterocycles. The van der Waals surface area contributed by atoms with E-state index in [0.717, 1.165) is 68.3 Å². The molecule has 0 radical (unpaired) electrons. The number of rotatable bonds is 5. The normalized spacial score (nSPS) is 18.3. The molecule has 0 bridgehead atoms. The topological polar surface area (TPSA) is 49.3 Å². The number of fused-ring (bicyclic) bond motifs is 1. The van der Waals surface area contributed by atoms with Gasteiger partial charge in [0.25, 0.3) is 0 Å². The SMILES string of the molecule is Cc1nc(C2CCN(Cc3ccccc3)CC2)nc2c1CCC(=O)N2CC(C)C. The molecule has 0 spiro atoms. The highest BCUT2D eigenvalue weighted by molar-refractivity contribution is 5.95. The van der Waals surface area contributed by atoms with E-state index < -0.39 is 0 Å². The van der Waals surface area contributed by atoms with Crippen LogP contribution in [0.5, 0.6) is 0 Å². The number of hydrogen-bond acceptors (Lipinski definition) is 4. The lowest BCUT2D eigenvalue weighted by Gasteiger charge is -2.34. The fourth-order valence-electron chi connectivity index (χ4n) is 4.53. The largest absolute Gasteiger partial charge is 0.299 e. The van der Waals surface area contributed by atoms with Crippen LogP contribution in [-0.2, 0) is 17.8 Å². The van der Waals surface area contributed by atoms with Crippen LogP contribution in [0, 0.1) is 12.8 Å². The second-order valence-electron chi connectivity index (χ2n) is 8.90. The van der Waals surface area contributed by atoms with Gasteiger partial charge in [-0.1, -0.05) is 44.2 Å². The van der Waals surface area contributed by atoms with Crippen LogP contribution in [0.2, 0.25) is 0 Å². The van der Waals surface area contributed by atoms with Crippen LogP contribution in [0.15, 0.2) is 30.3 Å². The van der Waals surface area contributed by atoms with Crippen LogP contribution in [0.4, 0.5) is 5.82 Å². The number of carbonyl (C=O) groups is 1. The molecule has 0 unspecified atom stereocenters. The monoisotopic (exact) mass is 392 g/mol. The van der Waals surface area contributed by atoms with Crippen molar-refractivity contribution in [2.45, 2.75) is 58.9 Å². The summed E-state index contributed by atoms with van der Waals surface area (Å²) in [5.41, 5.74) is 3.59. The van der Waals surface area contributed by atoms with Gasteiger partial charge in [0.1, 0.15) is 11.6 Å². The van der Waals surface area contributed by atoms with Crippen molar-refractivity contribution in [3.05, 3.63) is 53.0 Å². The minimum absolute atomic E-state index is 0.202. The zero-order valence-electron chi connectivity index (χ0n) is 17.9. The van der Waals surface area contributed by atoms with E-state index in [1.165, 1.54) is 5.56 Å². The molecule has 0 aliphatic carbocycles. The average molecular weight is 393 g/mol. The first-order valence-corrected chi connectivity index (χ1v) is 11.0. The Morgan fingerprint density at radius 3 is 2.48 bits per heavy atom. The molecule has 1 aromatic heterocycles. The van der Waals surface area contributed by atoms with Gasteiger partial charge in [0, 0.05) is 36.7 Å². The Balaban J connectivity index is 1.49. The van der Waals surface area contributed by atoms with E-state index in [-0.39, 0.29) is 5.91 Å². The lowest BCUT2D eigenvalue weighted by molar-refractivity contribution is -0.119. The maximum atomic E-state index is 12.6. The van der Waals surface area contributed by atoms with Gasteiger partial charge in [0.15, 0.2) is 0 Å². The highest BCUT2D eigenvalue weighted by Gasteiger charge is 2.30. The third-order valence-electron chi connectivity index (χ3n) is 6.10. The molecule has 1 aromatic carbocycles. The number of amides is 1. The quantitative estimate of drug-likeness (QED) is 0.769. The number of aromatic nitrogens is 2. The Morgan fingerprint density at radius 2 is 1.79 bits per heavy atom. The summed E-state index contributed by atoms with van der Waals surface area (Å²) >= 11 is 0. The molecule has 4 rings (SSSR count). The minimum atomic E-state index is 0.202. The Kier molecular flexibility index (Phi) is 5.95. The van der Waals surface area contributed by atoms with Gasteiger partial charge in [-0.25, -0.2) is 9.97 Å². The second-order valence-corrected chi connectivity index (χ2v) is 8.90. The number of piperidine rings is 1. The summed E-state index contributed by atoms with van der Waals surface area (Å²) in [6.45, 7) is 10.3. The zero-order valence-corrected chi connectivity index (χ0v) is 17.9. The molecule has 1 fully saturated rings. The number of benzene rings is 1. The maximum Gasteiger partial charge on any atom is 0.228 e.